The number of nitrogens with zero attached hydrogens (tertiary/aromatic N) is 2. The molecule has 0 saturated carbocycles. The number of likely N-dealkylation sites (N-methyl/N-ethyl adjacent to an activating group) is 1. The highest BCUT2D eigenvalue weighted by atomic mass is 16.5. The van der Waals surface area contributed by atoms with Crippen LogP contribution < -0.4 is 4.74 Å². The third kappa shape index (κ3) is 3.31. The van der Waals surface area contributed by atoms with E-state index < -0.39 is 0 Å². The smallest absolute Gasteiger partial charge is 0.144 e. The minimum atomic E-state index is 0.701. The van der Waals surface area contributed by atoms with E-state index in [1.54, 1.807) is 0 Å². The Morgan fingerprint density at radius 2 is 1.68 bits per heavy atom. The van der Waals surface area contributed by atoms with Crippen LogP contribution in [0.3, 0.4) is 0 Å². The molecule has 114 valence electrons. The van der Waals surface area contributed by atoms with Gasteiger partial charge in [-0.2, -0.15) is 0 Å². The summed E-state index contributed by atoms with van der Waals surface area (Å²) < 4.78 is 8.25. The molecule has 0 N–H and O–H groups in total. The second-order valence-corrected chi connectivity index (χ2v) is 5.78. The summed E-state index contributed by atoms with van der Waals surface area (Å²) in [5.41, 5.74) is 2.51. The van der Waals surface area contributed by atoms with Gasteiger partial charge in [0.2, 0.25) is 0 Å². The largest absolute Gasteiger partial charge is 0.490 e. The summed E-state index contributed by atoms with van der Waals surface area (Å²) >= 11 is 0. The fraction of sp³-hybridized carbons (Fsp3) is 0.263. The normalized spacial score (nSPS) is 11.2. The molecule has 0 aliphatic heterocycles. The molecular weight excluding hydrogens is 272 g/mol. The number of hydrogen-bond acceptors (Lipinski definition) is 2. The number of rotatable bonds is 6. The van der Waals surface area contributed by atoms with Gasteiger partial charge in [0.25, 0.3) is 0 Å². The molecule has 3 rings (SSSR count). The molecular formula is C19H22N2O. The van der Waals surface area contributed by atoms with Gasteiger partial charge >= 0.3 is 0 Å². The molecule has 0 aliphatic rings. The lowest BCUT2D eigenvalue weighted by Crippen LogP contribution is -2.19. The molecule has 0 spiro atoms. The molecule has 1 aromatic heterocycles. The van der Waals surface area contributed by atoms with Crippen molar-refractivity contribution in [3.8, 4) is 5.75 Å². The third-order valence-corrected chi connectivity index (χ3v) is 3.74. The number of hydrogen-bond donors (Lipinski definition) is 0. The number of para-hydroxylation sites is 1. The highest BCUT2D eigenvalue weighted by Gasteiger charge is 2.09. The Balaban J connectivity index is 1.87. The monoisotopic (exact) mass is 294 g/mol. The first kappa shape index (κ1) is 14.7. The Morgan fingerprint density at radius 1 is 0.955 bits per heavy atom. The van der Waals surface area contributed by atoms with Gasteiger partial charge in [0.05, 0.1) is 5.52 Å². The molecule has 0 aliphatic carbocycles. The van der Waals surface area contributed by atoms with Gasteiger partial charge < -0.3 is 14.2 Å². The third-order valence-electron chi connectivity index (χ3n) is 3.74. The van der Waals surface area contributed by atoms with Crippen molar-refractivity contribution in [1.29, 1.82) is 0 Å². The standard InChI is InChI=1S/C19H22N2O/c1-20(2)12-13-22-19-15-21(14-16-8-4-3-5-9-16)18-11-7-6-10-17(18)19/h3-11,15H,12-14H2,1-2H3. The van der Waals surface area contributed by atoms with Gasteiger partial charge in [0.15, 0.2) is 0 Å². The summed E-state index contributed by atoms with van der Waals surface area (Å²) in [5, 5.41) is 1.18. The number of fused-ring (bicyclic) bond motifs is 1. The zero-order chi connectivity index (χ0) is 15.4. The average Bonchev–Trinajstić information content (AvgIpc) is 2.86. The molecule has 3 aromatic rings. The Bertz CT molecular complexity index is 732. The minimum Gasteiger partial charge on any atom is -0.490 e. The maximum atomic E-state index is 5.99. The highest BCUT2D eigenvalue weighted by molar-refractivity contribution is 5.86. The zero-order valence-electron chi connectivity index (χ0n) is 13.2. The van der Waals surface area contributed by atoms with E-state index in [0.29, 0.717) is 6.61 Å². The molecule has 22 heavy (non-hydrogen) atoms. The van der Waals surface area contributed by atoms with Crippen LogP contribution in [0.4, 0.5) is 0 Å². The molecule has 0 atom stereocenters. The van der Waals surface area contributed by atoms with Crippen LogP contribution in [0.2, 0.25) is 0 Å². The summed E-state index contributed by atoms with van der Waals surface area (Å²) in [4.78, 5) is 2.13. The van der Waals surface area contributed by atoms with Crippen LogP contribution in [0.5, 0.6) is 5.75 Å². The fourth-order valence-corrected chi connectivity index (χ4v) is 2.58. The second-order valence-electron chi connectivity index (χ2n) is 5.78. The SMILES string of the molecule is CN(C)CCOc1cn(Cc2ccccc2)c2ccccc12. The molecule has 0 unspecified atom stereocenters. The van der Waals surface area contributed by atoms with Crippen LogP contribution in [0.1, 0.15) is 5.56 Å². The van der Waals surface area contributed by atoms with E-state index in [0.717, 1.165) is 18.8 Å². The van der Waals surface area contributed by atoms with E-state index in [1.807, 2.05) is 6.07 Å². The maximum absolute atomic E-state index is 5.99. The fourth-order valence-electron chi connectivity index (χ4n) is 2.58. The highest BCUT2D eigenvalue weighted by Crippen LogP contribution is 2.28. The van der Waals surface area contributed by atoms with E-state index in [2.05, 4.69) is 78.3 Å². The summed E-state index contributed by atoms with van der Waals surface area (Å²) in [7, 11) is 4.12. The molecule has 1 heterocycles. The van der Waals surface area contributed by atoms with E-state index in [4.69, 9.17) is 4.74 Å². The quantitative estimate of drug-likeness (QED) is 0.691. The Kier molecular flexibility index (Phi) is 4.45. The molecule has 0 amide bonds. The first-order valence-corrected chi connectivity index (χ1v) is 7.63. The Morgan fingerprint density at radius 3 is 2.45 bits per heavy atom. The minimum absolute atomic E-state index is 0.701. The van der Waals surface area contributed by atoms with Gasteiger partial charge in [-0.25, -0.2) is 0 Å². The molecule has 2 aromatic carbocycles. The van der Waals surface area contributed by atoms with Crippen LogP contribution >= 0.6 is 0 Å². The van der Waals surface area contributed by atoms with Crippen LogP contribution in [-0.2, 0) is 6.54 Å². The Labute approximate surface area is 131 Å². The summed E-state index contributed by atoms with van der Waals surface area (Å²) in [6.07, 6.45) is 2.12. The lowest BCUT2D eigenvalue weighted by molar-refractivity contribution is 0.263. The number of benzene rings is 2. The molecule has 0 radical (unpaired) electrons. The first-order valence-electron chi connectivity index (χ1n) is 7.63. The zero-order valence-corrected chi connectivity index (χ0v) is 13.2. The van der Waals surface area contributed by atoms with Crippen molar-refractivity contribution >= 4 is 10.9 Å². The van der Waals surface area contributed by atoms with Crippen LogP contribution in [0.25, 0.3) is 10.9 Å². The van der Waals surface area contributed by atoms with Gasteiger partial charge in [-0.1, -0.05) is 42.5 Å². The van der Waals surface area contributed by atoms with E-state index in [1.165, 1.54) is 16.5 Å². The van der Waals surface area contributed by atoms with Crippen LogP contribution in [0.15, 0.2) is 60.8 Å². The average molecular weight is 294 g/mol. The molecule has 3 heteroatoms. The lowest BCUT2D eigenvalue weighted by atomic mass is 10.2. The van der Waals surface area contributed by atoms with E-state index in [-0.39, 0.29) is 0 Å². The van der Waals surface area contributed by atoms with Gasteiger partial charge in [0.1, 0.15) is 12.4 Å². The number of aromatic nitrogens is 1. The summed E-state index contributed by atoms with van der Waals surface area (Å²) in [6.45, 7) is 2.48. The van der Waals surface area contributed by atoms with Crippen molar-refractivity contribution < 1.29 is 4.74 Å². The van der Waals surface area contributed by atoms with Crippen molar-refractivity contribution in [3.05, 3.63) is 66.4 Å². The van der Waals surface area contributed by atoms with Crippen LogP contribution in [-0.4, -0.2) is 36.7 Å². The molecule has 0 bridgehead atoms. The second kappa shape index (κ2) is 6.67. The van der Waals surface area contributed by atoms with Crippen molar-refractivity contribution in [2.24, 2.45) is 0 Å². The molecule has 3 nitrogen and oxygen atoms in total. The predicted molar refractivity (Wildman–Crippen MR) is 91.5 cm³/mol. The molecule has 0 fully saturated rings. The van der Waals surface area contributed by atoms with Crippen LogP contribution in [0, 0.1) is 0 Å². The predicted octanol–water partition coefficient (Wildman–Crippen LogP) is 3.63. The van der Waals surface area contributed by atoms with Crippen molar-refractivity contribution in [3.63, 3.8) is 0 Å². The van der Waals surface area contributed by atoms with E-state index >= 15 is 0 Å². The van der Waals surface area contributed by atoms with Crippen molar-refractivity contribution in [2.45, 2.75) is 6.54 Å². The summed E-state index contributed by atoms with van der Waals surface area (Å²) in [5.74, 6) is 0.966. The van der Waals surface area contributed by atoms with Crippen molar-refractivity contribution in [1.82, 2.24) is 9.47 Å². The number of ether oxygens (including phenoxy) is 1. The lowest BCUT2D eigenvalue weighted by Gasteiger charge is -2.10. The van der Waals surface area contributed by atoms with Gasteiger partial charge in [-0.3, -0.25) is 0 Å². The van der Waals surface area contributed by atoms with Gasteiger partial charge in [-0.05, 0) is 31.8 Å². The van der Waals surface area contributed by atoms with Crippen molar-refractivity contribution in [2.75, 3.05) is 27.2 Å². The van der Waals surface area contributed by atoms with Gasteiger partial charge in [0, 0.05) is 24.7 Å². The van der Waals surface area contributed by atoms with Gasteiger partial charge in [-0.15, -0.1) is 0 Å². The maximum Gasteiger partial charge on any atom is 0.144 e. The molecule has 0 saturated heterocycles. The Hall–Kier alpha value is -2.26. The summed E-state index contributed by atoms with van der Waals surface area (Å²) in [6, 6.07) is 18.9. The van der Waals surface area contributed by atoms with E-state index in [9.17, 15) is 0 Å². The first-order chi connectivity index (χ1) is 10.7. The topological polar surface area (TPSA) is 17.4 Å².